The van der Waals surface area contributed by atoms with Crippen molar-refractivity contribution in [1.29, 1.82) is 0 Å². The summed E-state index contributed by atoms with van der Waals surface area (Å²) in [6.07, 6.45) is -0.0785. The van der Waals surface area contributed by atoms with Crippen LogP contribution in [0.25, 0.3) is 5.76 Å². The Balaban J connectivity index is 2.13. The van der Waals surface area contributed by atoms with Gasteiger partial charge in [0.1, 0.15) is 11.5 Å². The summed E-state index contributed by atoms with van der Waals surface area (Å²) in [7, 11) is 1.49. The number of likely N-dealkylation sites (tertiary alicyclic amines) is 1. The molecule has 0 radical (unpaired) electrons. The number of ether oxygens (including phenoxy) is 2. The van der Waals surface area contributed by atoms with Gasteiger partial charge in [0.2, 0.25) is 0 Å². The predicted molar refractivity (Wildman–Crippen MR) is 116 cm³/mol. The van der Waals surface area contributed by atoms with Gasteiger partial charge in [-0.1, -0.05) is 12.1 Å². The van der Waals surface area contributed by atoms with Crippen LogP contribution in [0.1, 0.15) is 31.0 Å². The Kier molecular flexibility index (Phi) is 6.89. The van der Waals surface area contributed by atoms with Gasteiger partial charge in [-0.25, -0.2) is 0 Å². The molecule has 1 atom stereocenters. The normalized spacial score (nSPS) is 17.8. The minimum atomic E-state index is -0.865. The van der Waals surface area contributed by atoms with Gasteiger partial charge in [-0.05, 0) is 43.7 Å². The van der Waals surface area contributed by atoms with Crippen molar-refractivity contribution in [3.63, 3.8) is 0 Å². The zero-order valence-corrected chi connectivity index (χ0v) is 18.0. The number of nitrogens with zero attached hydrogens (tertiary/aromatic N) is 2. The van der Waals surface area contributed by atoms with Crippen LogP contribution in [0, 0.1) is 10.1 Å². The van der Waals surface area contributed by atoms with Crippen molar-refractivity contribution in [2.75, 3.05) is 20.3 Å². The predicted octanol–water partition coefficient (Wildman–Crippen LogP) is 3.45. The number of amides is 1. The molecule has 0 aliphatic carbocycles. The third-order valence-corrected chi connectivity index (χ3v) is 4.97. The number of hydrogen-bond donors (Lipinski definition) is 1. The zero-order chi connectivity index (χ0) is 23.4. The highest BCUT2D eigenvalue weighted by Gasteiger charge is 2.46. The maximum absolute atomic E-state index is 12.9. The molecule has 2 aromatic carbocycles. The van der Waals surface area contributed by atoms with Gasteiger partial charge < -0.3 is 19.5 Å². The first-order valence-electron chi connectivity index (χ1n) is 10.0. The molecule has 1 unspecified atom stereocenters. The first-order valence-corrected chi connectivity index (χ1v) is 10.0. The SMILES string of the molecule is COCCN1C(=O)C(=O)/C(=C(/O)c2ccc([N+](=O)[O-])cc2)C1c1cccc(OC(C)C)c1. The second-order valence-electron chi connectivity index (χ2n) is 7.53. The van der Waals surface area contributed by atoms with E-state index in [1.165, 1.54) is 36.3 Å². The molecule has 1 N–H and O–H groups in total. The van der Waals surface area contributed by atoms with E-state index in [4.69, 9.17) is 9.47 Å². The van der Waals surface area contributed by atoms with Crippen molar-refractivity contribution in [3.8, 4) is 5.75 Å². The van der Waals surface area contributed by atoms with E-state index in [9.17, 15) is 24.8 Å². The number of rotatable bonds is 8. The fourth-order valence-electron chi connectivity index (χ4n) is 3.57. The molecular formula is C23H24N2O7. The topological polar surface area (TPSA) is 119 Å². The van der Waals surface area contributed by atoms with E-state index in [2.05, 4.69) is 0 Å². The van der Waals surface area contributed by atoms with E-state index in [0.29, 0.717) is 11.3 Å². The van der Waals surface area contributed by atoms with Crippen molar-refractivity contribution >= 4 is 23.1 Å². The lowest BCUT2D eigenvalue weighted by molar-refractivity contribution is -0.384. The number of aliphatic hydroxyl groups is 1. The molecule has 168 valence electrons. The van der Waals surface area contributed by atoms with Gasteiger partial charge in [-0.15, -0.1) is 0 Å². The molecular weight excluding hydrogens is 416 g/mol. The number of ketones is 1. The van der Waals surface area contributed by atoms with Crippen LogP contribution in [0.3, 0.4) is 0 Å². The number of Topliss-reactive ketones (excluding diaryl/α,β-unsaturated/α-hetero) is 1. The van der Waals surface area contributed by atoms with Gasteiger partial charge in [0.05, 0.1) is 29.2 Å². The average molecular weight is 440 g/mol. The van der Waals surface area contributed by atoms with Crippen LogP contribution in [-0.2, 0) is 14.3 Å². The van der Waals surface area contributed by atoms with Gasteiger partial charge in [-0.3, -0.25) is 19.7 Å². The van der Waals surface area contributed by atoms with Crippen LogP contribution in [0.2, 0.25) is 0 Å². The van der Waals surface area contributed by atoms with E-state index in [-0.39, 0.29) is 36.1 Å². The van der Waals surface area contributed by atoms with Crippen LogP contribution < -0.4 is 4.74 Å². The average Bonchev–Trinajstić information content (AvgIpc) is 3.01. The van der Waals surface area contributed by atoms with Crippen molar-refractivity contribution in [2.24, 2.45) is 0 Å². The highest BCUT2D eigenvalue weighted by atomic mass is 16.6. The number of benzene rings is 2. The van der Waals surface area contributed by atoms with E-state index in [1.54, 1.807) is 24.3 Å². The molecule has 0 bridgehead atoms. The van der Waals surface area contributed by atoms with Crippen LogP contribution in [0.5, 0.6) is 5.75 Å². The quantitative estimate of drug-likeness (QED) is 0.219. The molecule has 0 saturated carbocycles. The highest BCUT2D eigenvalue weighted by molar-refractivity contribution is 6.46. The molecule has 0 spiro atoms. The first-order chi connectivity index (χ1) is 15.2. The van der Waals surface area contributed by atoms with Crippen molar-refractivity contribution in [1.82, 2.24) is 4.90 Å². The van der Waals surface area contributed by atoms with Crippen molar-refractivity contribution in [3.05, 3.63) is 75.3 Å². The summed E-state index contributed by atoms with van der Waals surface area (Å²) in [6, 6.07) is 11.2. The molecule has 1 fully saturated rings. The van der Waals surface area contributed by atoms with Crippen LogP contribution >= 0.6 is 0 Å². The third kappa shape index (κ3) is 4.62. The smallest absolute Gasteiger partial charge is 0.295 e. The summed E-state index contributed by atoms with van der Waals surface area (Å²) in [4.78, 5) is 37.4. The van der Waals surface area contributed by atoms with Crippen LogP contribution in [0.4, 0.5) is 5.69 Å². The number of carbonyl (C=O) groups excluding carboxylic acids is 2. The number of methoxy groups -OCH3 is 1. The Morgan fingerprint density at radius 2 is 1.88 bits per heavy atom. The zero-order valence-electron chi connectivity index (χ0n) is 18.0. The van der Waals surface area contributed by atoms with Gasteiger partial charge in [0, 0.05) is 31.4 Å². The number of nitro benzene ring substituents is 1. The van der Waals surface area contributed by atoms with Gasteiger partial charge in [0.15, 0.2) is 0 Å². The monoisotopic (exact) mass is 440 g/mol. The molecule has 0 aromatic heterocycles. The van der Waals surface area contributed by atoms with Gasteiger partial charge in [-0.2, -0.15) is 0 Å². The fourth-order valence-corrected chi connectivity index (χ4v) is 3.57. The number of carbonyl (C=O) groups is 2. The third-order valence-electron chi connectivity index (χ3n) is 4.97. The van der Waals surface area contributed by atoms with E-state index >= 15 is 0 Å². The number of aliphatic hydroxyl groups excluding tert-OH is 1. The number of non-ortho nitro benzene ring substituents is 1. The Bertz CT molecular complexity index is 1060. The minimum absolute atomic E-state index is 0.0785. The Morgan fingerprint density at radius 1 is 1.19 bits per heavy atom. The maximum atomic E-state index is 12.9. The highest BCUT2D eigenvalue weighted by Crippen LogP contribution is 2.40. The second-order valence-corrected chi connectivity index (χ2v) is 7.53. The lowest BCUT2D eigenvalue weighted by Gasteiger charge is -2.25. The molecule has 9 nitrogen and oxygen atoms in total. The Morgan fingerprint density at radius 3 is 2.47 bits per heavy atom. The van der Waals surface area contributed by atoms with Crippen molar-refractivity contribution < 1.29 is 29.1 Å². The summed E-state index contributed by atoms with van der Waals surface area (Å²) < 4.78 is 10.8. The molecule has 32 heavy (non-hydrogen) atoms. The lowest BCUT2D eigenvalue weighted by Crippen LogP contribution is -2.32. The summed E-state index contributed by atoms with van der Waals surface area (Å²) in [5.41, 5.74) is 0.528. The molecule has 3 rings (SSSR count). The summed E-state index contributed by atoms with van der Waals surface area (Å²) in [6.45, 7) is 4.10. The van der Waals surface area contributed by atoms with E-state index < -0.39 is 28.4 Å². The molecule has 1 amide bonds. The molecule has 1 heterocycles. The molecule has 1 aliphatic rings. The molecule has 1 saturated heterocycles. The Hall–Kier alpha value is -3.72. The number of nitro groups is 1. The molecule has 1 aliphatic heterocycles. The lowest BCUT2D eigenvalue weighted by atomic mass is 9.95. The largest absolute Gasteiger partial charge is 0.507 e. The first kappa shape index (κ1) is 23.0. The summed E-state index contributed by atoms with van der Waals surface area (Å²) >= 11 is 0. The standard InChI is InChI=1S/C23H24N2O7/c1-14(2)32-18-6-4-5-16(13-18)20-19(22(27)23(28)24(20)11-12-31-3)21(26)15-7-9-17(10-8-15)25(29)30/h4-10,13-14,20,26H,11-12H2,1-3H3/b21-19+. The summed E-state index contributed by atoms with van der Waals surface area (Å²) in [5, 5.41) is 21.9. The van der Waals surface area contributed by atoms with Crippen molar-refractivity contribution in [2.45, 2.75) is 26.0 Å². The summed E-state index contributed by atoms with van der Waals surface area (Å²) in [5.74, 6) is -1.44. The van der Waals surface area contributed by atoms with E-state index in [1.807, 2.05) is 13.8 Å². The van der Waals surface area contributed by atoms with Gasteiger partial charge in [0.25, 0.3) is 17.4 Å². The minimum Gasteiger partial charge on any atom is -0.507 e. The molecule has 2 aromatic rings. The second kappa shape index (κ2) is 9.61. The molecule has 9 heteroatoms. The van der Waals surface area contributed by atoms with Crippen LogP contribution in [-0.4, -0.2) is 53.0 Å². The number of hydrogen-bond acceptors (Lipinski definition) is 7. The Labute approximate surface area is 185 Å². The van der Waals surface area contributed by atoms with E-state index in [0.717, 1.165) is 0 Å². The van der Waals surface area contributed by atoms with Crippen LogP contribution in [0.15, 0.2) is 54.1 Å². The van der Waals surface area contributed by atoms with Gasteiger partial charge >= 0.3 is 0 Å². The fraction of sp³-hybridized carbons (Fsp3) is 0.304. The maximum Gasteiger partial charge on any atom is 0.295 e.